The van der Waals surface area contributed by atoms with Gasteiger partial charge in [0, 0.05) is 17.8 Å². The Labute approximate surface area is 160 Å². The molecule has 140 valence electrons. The van der Waals surface area contributed by atoms with Gasteiger partial charge in [0.15, 0.2) is 0 Å². The largest absolute Gasteiger partial charge is 0.325 e. The van der Waals surface area contributed by atoms with E-state index in [-0.39, 0.29) is 11.4 Å². The molecule has 1 amide bonds. The molecule has 1 N–H and O–H groups in total. The molecule has 0 spiro atoms. The fourth-order valence-corrected chi connectivity index (χ4v) is 4.64. The summed E-state index contributed by atoms with van der Waals surface area (Å²) in [5.41, 5.74) is 3.74. The van der Waals surface area contributed by atoms with Gasteiger partial charge in [-0.25, -0.2) is 8.42 Å². The minimum absolute atomic E-state index is 0.248. The molecule has 0 aliphatic rings. The van der Waals surface area contributed by atoms with Crippen LogP contribution in [0.1, 0.15) is 22.3 Å². The van der Waals surface area contributed by atoms with Gasteiger partial charge in [-0.05, 0) is 56.5 Å². The molecular formula is C19H23ClN2O3S. The molecule has 5 nitrogen and oxygen atoms in total. The van der Waals surface area contributed by atoms with Crippen molar-refractivity contribution < 1.29 is 13.2 Å². The lowest BCUT2D eigenvalue weighted by Gasteiger charge is -2.20. The number of aryl methyl sites for hydroxylation is 4. The summed E-state index contributed by atoms with van der Waals surface area (Å²) >= 11 is 5.95. The van der Waals surface area contributed by atoms with E-state index in [1.165, 1.54) is 7.05 Å². The predicted molar refractivity (Wildman–Crippen MR) is 105 cm³/mol. The first-order valence-corrected chi connectivity index (χ1v) is 9.94. The van der Waals surface area contributed by atoms with Crippen molar-refractivity contribution in [1.29, 1.82) is 0 Å². The molecule has 2 rings (SSSR count). The molecule has 0 unspecified atom stereocenters. The van der Waals surface area contributed by atoms with Gasteiger partial charge in [-0.1, -0.05) is 35.4 Å². The van der Waals surface area contributed by atoms with E-state index in [1.54, 1.807) is 32.0 Å². The van der Waals surface area contributed by atoms with Crippen LogP contribution in [0, 0.1) is 27.7 Å². The lowest BCUT2D eigenvalue weighted by atomic mass is 10.1. The number of amides is 1. The summed E-state index contributed by atoms with van der Waals surface area (Å²) in [4.78, 5) is 12.6. The van der Waals surface area contributed by atoms with Crippen molar-refractivity contribution in [3.63, 3.8) is 0 Å². The van der Waals surface area contributed by atoms with Crippen molar-refractivity contribution in [2.24, 2.45) is 0 Å². The van der Waals surface area contributed by atoms with Gasteiger partial charge in [-0.15, -0.1) is 0 Å². The third-order valence-corrected chi connectivity index (χ3v) is 6.46. The van der Waals surface area contributed by atoms with Crippen LogP contribution in [-0.4, -0.2) is 32.2 Å². The number of benzene rings is 2. The Morgan fingerprint density at radius 2 is 1.62 bits per heavy atom. The number of likely N-dealkylation sites (N-methyl/N-ethyl adjacent to an activating group) is 1. The average molecular weight is 395 g/mol. The van der Waals surface area contributed by atoms with Gasteiger partial charge in [-0.3, -0.25) is 4.79 Å². The Balaban J connectivity index is 2.22. The summed E-state index contributed by atoms with van der Waals surface area (Å²) in [5, 5.41) is 3.21. The fourth-order valence-electron chi connectivity index (χ4n) is 2.94. The number of rotatable bonds is 5. The first kappa shape index (κ1) is 20.4. The molecule has 0 atom stereocenters. The molecule has 7 heteroatoms. The quantitative estimate of drug-likeness (QED) is 0.837. The summed E-state index contributed by atoms with van der Waals surface area (Å²) < 4.78 is 26.9. The zero-order valence-corrected chi connectivity index (χ0v) is 17.1. The summed E-state index contributed by atoms with van der Waals surface area (Å²) in [6.45, 7) is 6.99. The summed E-state index contributed by atoms with van der Waals surface area (Å²) in [5.74, 6) is -0.427. The molecule has 0 fully saturated rings. The van der Waals surface area contributed by atoms with E-state index in [1.807, 2.05) is 26.0 Å². The second kappa shape index (κ2) is 7.78. The Bertz CT molecular complexity index is 932. The SMILES string of the molecule is Cc1cc(C)c(S(=O)(=O)N(C)CC(=O)Nc2cc(Cl)ccc2C)c(C)c1. The number of anilines is 1. The van der Waals surface area contributed by atoms with Crippen molar-refractivity contribution in [3.05, 3.63) is 57.6 Å². The van der Waals surface area contributed by atoms with Crippen molar-refractivity contribution in [1.82, 2.24) is 4.31 Å². The second-order valence-electron chi connectivity index (χ2n) is 6.50. The van der Waals surface area contributed by atoms with Crippen LogP contribution in [0.2, 0.25) is 5.02 Å². The lowest BCUT2D eigenvalue weighted by Crippen LogP contribution is -2.35. The molecule has 2 aromatic rings. The number of carbonyl (C=O) groups excluding carboxylic acids is 1. The van der Waals surface area contributed by atoms with Gasteiger partial charge in [0.05, 0.1) is 11.4 Å². The van der Waals surface area contributed by atoms with Crippen LogP contribution in [0.5, 0.6) is 0 Å². The zero-order valence-electron chi connectivity index (χ0n) is 15.6. The van der Waals surface area contributed by atoms with Gasteiger partial charge >= 0.3 is 0 Å². The number of halogens is 1. The number of sulfonamides is 1. The molecule has 0 aromatic heterocycles. The highest BCUT2D eigenvalue weighted by molar-refractivity contribution is 7.89. The van der Waals surface area contributed by atoms with Crippen molar-refractivity contribution in [3.8, 4) is 0 Å². The van der Waals surface area contributed by atoms with E-state index >= 15 is 0 Å². The van der Waals surface area contributed by atoms with Gasteiger partial charge < -0.3 is 5.32 Å². The first-order chi connectivity index (χ1) is 12.0. The van der Waals surface area contributed by atoms with Crippen LogP contribution in [0.25, 0.3) is 0 Å². The van der Waals surface area contributed by atoms with E-state index < -0.39 is 15.9 Å². The molecule has 0 heterocycles. The van der Waals surface area contributed by atoms with E-state index in [0.29, 0.717) is 21.8 Å². The van der Waals surface area contributed by atoms with Crippen LogP contribution in [0.15, 0.2) is 35.2 Å². The van der Waals surface area contributed by atoms with E-state index in [9.17, 15) is 13.2 Å². The molecule has 26 heavy (non-hydrogen) atoms. The topological polar surface area (TPSA) is 66.5 Å². The van der Waals surface area contributed by atoms with Crippen LogP contribution in [0.3, 0.4) is 0 Å². The normalized spacial score (nSPS) is 11.7. The van der Waals surface area contributed by atoms with Crippen LogP contribution in [-0.2, 0) is 14.8 Å². The Morgan fingerprint density at radius 3 is 2.19 bits per heavy atom. The van der Waals surface area contributed by atoms with Gasteiger partial charge in [0.2, 0.25) is 15.9 Å². The summed E-state index contributed by atoms with van der Waals surface area (Å²) in [6.07, 6.45) is 0. The Kier molecular flexibility index (Phi) is 6.11. The van der Waals surface area contributed by atoms with Crippen molar-refractivity contribution in [2.75, 3.05) is 18.9 Å². The lowest BCUT2D eigenvalue weighted by molar-refractivity contribution is -0.116. The van der Waals surface area contributed by atoms with Gasteiger partial charge in [-0.2, -0.15) is 4.31 Å². The maximum absolute atomic E-state index is 12.9. The molecule has 0 bridgehead atoms. The first-order valence-electron chi connectivity index (χ1n) is 8.12. The van der Waals surface area contributed by atoms with Gasteiger partial charge in [0.25, 0.3) is 0 Å². The van der Waals surface area contributed by atoms with Crippen molar-refractivity contribution >= 4 is 33.2 Å². The summed E-state index contributed by atoms with van der Waals surface area (Å²) in [6, 6.07) is 8.80. The fraction of sp³-hybridized carbons (Fsp3) is 0.316. The van der Waals surface area contributed by atoms with Crippen molar-refractivity contribution in [2.45, 2.75) is 32.6 Å². The van der Waals surface area contributed by atoms with E-state index in [0.717, 1.165) is 15.4 Å². The minimum Gasteiger partial charge on any atom is -0.325 e. The second-order valence-corrected chi connectivity index (χ2v) is 8.91. The number of nitrogens with zero attached hydrogens (tertiary/aromatic N) is 1. The highest BCUT2D eigenvalue weighted by Crippen LogP contribution is 2.25. The maximum atomic E-state index is 12.9. The molecule has 0 saturated carbocycles. The third-order valence-electron chi connectivity index (χ3n) is 4.11. The standard InChI is InChI=1S/C19H23ClN2O3S/c1-12-8-14(3)19(15(4)9-12)26(24,25)22(5)11-18(23)21-17-10-16(20)7-6-13(17)2/h6-10H,11H2,1-5H3,(H,21,23). The van der Waals surface area contributed by atoms with E-state index in [4.69, 9.17) is 11.6 Å². The maximum Gasteiger partial charge on any atom is 0.243 e. The molecule has 2 aromatic carbocycles. The molecule has 0 aliphatic carbocycles. The minimum atomic E-state index is -3.78. The number of carbonyl (C=O) groups is 1. The number of hydrogen-bond acceptors (Lipinski definition) is 3. The highest BCUT2D eigenvalue weighted by Gasteiger charge is 2.26. The van der Waals surface area contributed by atoms with Crippen LogP contribution < -0.4 is 5.32 Å². The summed E-state index contributed by atoms with van der Waals surface area (Å²) in [7, 11) is -2.38. The average Bonchev–Trinajstić information content (AvgIpc) is 2.49. The Hall–Kier alpha value is -1.89. The molecular weight excluding hydrogens is 372 g/mol. The smallest absolute Gasteiger partial charge is 0.243 e. The number of nitrogens with one attached hydrogen (secondary N) is 1. The molecule has 0 radical (unpaired) electrons. The zero-order chi connectivity index (χ0) is 19.6. The molecule has 0 saturated heterocycles. The third kappa shape index (κ3) is 4.44. The molecule has 0 aliphatic heterocycles. The predicted octanol–water partition coefficient (Wildman–Crippen LogP) is 3.83. The highest BCUT2D eigenvalue weighted by atomic mass is 35.5. The Morgan fingerprint density at radius 1 is 1.04 bits per heavy atom. The van der Waals surface area contributed by atoms with E-state index in [2.05, 4.69) is 5.32 Å². The van der Waals surface area contributed by atoms with Crippen LogP contribution in [0.4, 0.5) is 5.69 Å². The number of hydrogen-bond donors (Lipinski definition) is 1. The van der Waals surface area contributed by atoms with Crippen LogP contribution >= 0.6 is 11.6 Å². The monoisotopic (exact) mass is 394 g/mol. The van der Waals surface area contributed by atoms with Gasteiger partial charge in [0.1, 0.15) is 0 Å².